The molecule has 1 amide bonds. The molecule has 1 unspecified atom stereocenters. The number of anilines is 2. The summed E-state index contributed by atoms with van der Waals surface area (Å²) in [5.74, 6) is 1.09. The van der Waals surface area contributed by atoms with Gasteiger partial charge in [0, 0.05) is 53.2 Å². The monoisotopic (exact) mass is 393 g/mol. The second-order valence-electron chi connectivity index (χ2n) is 8.23. The first-order valence-electron chi connectivity index (χ1n) is 10.1. The van der Waals surface area contributed by atoms with E-state index in [2.05, 4.69) is 45.1 Å². The third-order valence-electron chi connectivity index (χ3n) is 6.32. The molecule has 6 nitrogen and oxygen atoms in total. The molecule has 2 aromatic heterocycles. The minimum absolute atomic E-state index is 0.0169. The molecule has 3 aromatic rings. The Kier molecular flexibility index (Phi) is 3.58. The fourth-order valence-corrected chi connectivity index (χ4v) is 5.96. The molecule has 144 valence electrons. The van der Waals surface area contributed by atoms with Crippen molar-refractivity contribution < 1.29 is 4.79 Å². The van der Waals surface area contributed by atoms with E-state index in [0.29, 0.717) is 12.1 Å². The predicted molar refractivity (Wildman–Crippen MR) is 115 cm³/mol. The number of thiophene rings is 1. The van der Waals surface area contributed by atoms with Gasteiger partial charge in [0.2, 0.25) is 0 Å². The Morgan fingerprint density at radius 2 is 2.11 bits per heavy atom. The van der Waals surface area contributed by atoms with E-state index >= 15 is 0 Å². The smallest absolute Gasteiger partial charge is 0.263 e. The molecular formula is C21H23N5OS. The van der Waals surface area contributed by atoms with E-state index in [1.165, 1.54) is 12.8 Å². The Morgan fingerprint density at radius 1 is 1.18 bits per heavy atom. The quantitative estimate of drug-likeness (QED) is 0.593. The number of piperidine rings is 2. The molecule has 0 spiro atoms. The lowest BCUT2D eigenvalue weighted by molar-refractivity contribution is 0.0949. The fraction of sp³-hybridized carbons (Fsp3) is 0.429. The van der Waals surface area contributed by atoms with Crippen molar-refractivity contribution in [2.45, 2.75) is 37.9 Å². The van der Waals surface area contributed by atoms with Crippen LogP contribution in [0.4, 0.5) is 11.5 Å². The average molecular weight is 394 g/mol. The molecule has 1 aromatic carbocycles. The van der Waals surface area contributed by atoms with E-state index in [1.807, 2.05) is 6.92 Å². The Balaban J connectivity index is 1.48. The summed E-state index contributed by atoms with van der Waals surface area (Å²) in [7, 11) is 0. The Bertz CT molecular complexity index is 1100. The minimum Gasteiger partial charge on any atom is -0.381 e. The van der Waals surface area contributed by atoms with Gasteiger partial charge < -0.3 is 20.9 Å². The minimum atomic E-state index is 0.0169. The Hall–Kier alpha value is -2.38. The maximum absolute atomic E-state index is 12.6. The van der Waals surface area contributed by atoms with E-state index in [1.54, 1.807) is 11.3 Å². The molecule has 0 saturated carbocycles. The zero-order valence-electron chi connectivity index (χ0n) is 15.8. The normalized spacial score (nSPS) is 26.8. The SMILES string of the molecule is CC1CNc2c(sc3ccc4nc(N5C[C@H]6CC[C@@H]5CN6)ccc4c23)C(=O)N1. The topological polar surface area (TPSA) is 69.3 Å². The predicted octanol–water partition coefficient (Wildman–Crippen LogP) is 2.93. The highest BCUT2D eigenvalue weighted by atomic mass is 32.1. The van der Waals surface area contributed by atoms with Crippen LogP contribution in [-0.4, -0.2) is 48.7 Å². The Morgan fingerprint density at radius 3 is 2.89 bits per heavy atom. The summed E-state index contributed by atoms with van der Waals surface area (Å²) in [6, 6.07) is 9.80. The third-order valence-corrected chi connectivity index (χ3v) is 7.47. The van der Waals surface area contributed by atoms with Crippen molar-refractivity contribution in [2.75, 3.05) is 29.9 Å². The van der Waals surface area contributed by atoms with Crippen molar-refractivity contribution in [2.24, 2.45) is 0 Å². The van der Waals surface area contributed by atoms with Crippen molar-refractivity contribution in [3.8, 4) is 0 Å². The molecule has 28 heavy (non-hydrogen) atoms. The van der Waals surface area contributed by atoms with Crippen molar-refractivity contribution in [1.29, 1.82) is 0 Å². The van der Waals surface area contributed by atoms with Crippen LogP contribution in [0.5, 0.6) is 0 Å². The van der Waals surface area contributed by atoms with Gasteiger partial charge in [-0.1, -0.05) is 0 Å². The maximum Gasteiger partial charge on any atom is 0.263 e. The molecule has 7 heteroatoms. The van der Waals surface area contributed by atoms with Crippen molar-refractivity contribution in [1.82, 2.24) is 15.6 Å². The van der Waals surface area contributed by atoms with Crippen LogP contribution in [0.2, 0.25) is 0 Å². The molecule has 3 saturated heterocycles. The van der Waals surface area contributed by atoms with E-state index in [0.717, 1.165) is 57.0 Å². The average Bonchev–Trinajstić information content (AvgIpc) is 3.05. The number of hydrogen-bond donors (Lipinski definition) is 3. The van der Waals surface area contributed by atoms with Gasteiger partial charge in [0.25, 0.3) is 5.91 Å². The highest BCUT2D eigenvalue weighted by molar-refractivity contribution is 7.21. The number of carbonyl (C=O) groups is 1. The van der Waals surface area contributed by atoms with Gasteiger partial charge in [-0.3, -0.25) is 4.79 Å². The summed E-state index contributed by atoms with van der Waals surface area (Å²) in [6.07, 6.45) is 2.51. The molecular weight excluding hydrogens is 370 g/mol. The Labute approximate surface area is 167 Å². The molecule has 0 radical (unpaired) electrons. The summed E-state index contributed by atoms with van der Waals surface area (Å²) < 4.78 is 1.13. The van der Waals surface area contributed by atoms with Crippen LogP contribution in [0.15, 0.2) is 24.3 Å². The largest absolute Gasteiger partial charge is 0.381 e. The van der Waals surface area contributed by atoms with Gasteiger partial charge in [-0.05, 0) is 44.0 Å². The second-order valence-corrected chi connectivity index (χ2v) is 9.28. The van der Waals surface area contributed by atoms with E-state index in [9.17, 15) is 4.79 Å². The van der Waals surface area contributed by atoms with Crippen LogP contribution < -0.4 is 20.9 Å². The summed E-state index contributed by atoms with van der Waals surface area (Å²) in [5, 5.41) is 12.4. The van der Waals surface area contributed by atoms with Gasteiger partial charge in [0.15, 0.2) is 0 Å². The van der Waals surface area contributed by atoms with Gasteiger partial charge in [-0.25, -0.2) is 4.98 Å². The first-order valence-corrected chi connectivity index (χ1v) is 10.9. The summed E-state index contributed by atoms with van der Waals surface area (Å²) in [5.41, 5.74) is 1.96. The molecule has 4 aliphatic rings. The number of hydrogen-bond acceptors (Lipinski definition) is 6. The van der Waals surface area contributed by atoms with Gasteiger partial charge in [0.1, 0.15) is 10.7 Å². The summed E-state index contributed by atoms with van der Waals surface area (Å²) >= 11 is 1.56. The lowest BCUT2D eigenvalue weighted by Gasteiger charge is -2.46. The number of piperazine rings is 1. The van der Waals surface area contributed by atoms with Crippen molar-refractivity contribution in [3.63, 3.8) is 0 Å². The van der Waals surface area contributed by atoms with Gasteiger partial charge in [0.05, 0.1) is 11.2 Å². The van der Waals surface area contributed by atoms with Crippen LogP contribution in [0, 0.1) is 0 Å². The van der Waals surface area contributed by atoms with Crippen LogP contribution in [-0.2, 0) is 0 Å². The zero-order valence-corrected chi connectivity index (χ0v) is 16.6. The molecule has 4 aliphatic heterocycles. The number of fused-ring (bicyclic) bond motifs is 8. The second kappa shape index (κ2) is 6.06. The maximum atomic E-state index is 12.6. The number of rotatable bonds is 1. The zero-order chi connectivity index (χ0) is 18.8. The highest BCUT2D eigenvalue weighted by Crippen LogP contribution is 2.41. The van der Waals surface area contributed by atoms with Gasteiger partial charge >= 0.3 is 0 Å². The molecule has 3 N–H and O–H groups in total. The summed E-state index contributed by atoms with van der Waals surface area (Å²) in [6.45, 7) is 4.85. The number of nitrogens with one attached hydrogen (secondary N) is 3. The molecule has 7 rings (SSSR count). The van der Waals surface area contributed by atoms with Crippen molar-refractivity contribution >= 4 is 49.7 Å². The molecule has 3 atom stereocenters. The number of aromatic nitrogens is 1. The first-order chi connectivity index (χ1) is 13.7. The van der Waals surface area contributed by atoms with Crippen LogP contribution in [0.3, 0.4) is 0 Å². The van der Waals surface area contributed by atoms with Gasteiger partial charge in [-0.2, -0.15) is 0 Å². The number of carbonyl (C=O) groups excluding carboxylic acids is 1. The number of pyridine rings is 1. The van der Waals surface area contributed by atoms with Crippen LogP contribution in [0.1, 0.15) is 29.4 Å². The fourth-order valence-electron chi connectivity index (χ4n) is 4.86. The number of benzene rings is 1. The van der Waals surface area contributed by atoms with Crippen LogP contribution in [0.25, 0.3) is 21.0 Å². The summed E-state index contributed by atoms with van der Waals surface area (Å²) in [4.78, 5) is 20.9. The number of nitrogens with zero attached hydrogens (tertiary/aromatic N) is 2. The molecule has 2 bridgehead atoms. The van der Waals surface area contributed by atoms with E-state index < -0.39 is 0 Å². The molecule has 6 heterocycles. The lowest BCUT2D eigenvalue weighted by Crippen LogP contribution is -2.61. The standard InChI is InChI=1S/C21H23N5OS/c1-11-8-23-19-18-14-4-7-17(26-10-12-2-3-13(26)9-22-12)25-15(14)5-6-16(18)28-20(19)21(27)24-11/h4-7,11-13,22-23H,2-3,8-10H2,1H3,(H,24,27)/t11?,12-,13-/m1/s1. The van der Waals surface area contributed by atoms with Gasteiger partial charge in [-0.15, -0.1) is 11.3 Å². The number of amides is 1. The van der Waals surface area contributed by atoms with E-state index in [-0.39, 0.29) is 11.9 Å². The van der Waals surface area contributed by atoms with E-state index in [4.69, 9.17) is 4.98 Å². The van der Waals surface area contributed by atoms with Crippen LogP contribution >= 0.6 is 11.3 Å². The molecule has 3 fully saturated rings. The lowest BCUT2D eigenvalue weighted by atomic mass is 9.93. The molecule has 0 aliphatic carbocycles. The first kappa shape index (κ1) is 16.6. The van der Waals surface area contributed by atoms with Crippen molar-refractivity contribution in [3.05, 3.63) is 29.1 Å². The highest BCUT2D eigenvalue weighted by Gasteiger charge is 2.34. The third kappa shape index (κ3) is 2.42.